The molecule has 0 amide bonds. The van der Waals surface area contributed by atoms with Gasteiger partial charge in [-0.3, -0.25) is 9.89 Å². The molecule has 2 nitrogen and oxygen atoms in total. The summed E-state index contributed by atoms with van der Waals surface area (Å²) in [6.45, 7) is 4.50. The van der Waals surface area contributed by atoms with Gasteiger partial charge >= 0.3 is 0 Å². The summed E-state index contributed by atoms with van der Waals surface area (Å²) in [5.41, 5.74) is 3.82. The number of aliphatic imine (C=N–C) groups is 1. The van der Waals surface area contributed by atoms with Gasteiger partial charge in [0.2, 0.25) is 0 Å². The Morgan fingerprint density at radius 1 is 0.900 bits per heavy atom. The fourth-order valence-electron chi connectivity index (χ4n) is 3.85. The van der Waals surface area contributed by atoms with Crippen molar-refractivity contribution >= 4 is 5.71 Å². The quantitative estimate of drug-likeness (QED) is 0.757. The predicted octanol–water partition coefficient (Wildman–Crippen LogP) is 3.43. The second kappa shape index (κ2) is 4.03. The third-order valence-electron chi connectivity index (χ3n) is 4.70. The Morgan fingerprint density at radius 2 is 1.50 bits per heavy atom. The number of rotatable bonds is 2. The molecule has 2 aliphatic rings. The zero-order chi connectivity index (χ0) is 13.7. The van der Waals surface area contributed by atoms with Gasteiger partial charge in [0.1, 0.15) is 11.7 Å². The minimum atomic E-state index is -0.0119. The van der Waals surface area contributed by atoms with Gasteiger partial charge in [0.15, 0.2) is 0 Å². The monoisotopic (exact) mass is 262 g/mol. The zero-order valence-electron chi connectivity index (χ0n) is 11.8. The van der Waals surface area contributed by atoms with Gasteiger partial charge < -0.3 is 0 Å². The maximum absolute atomic E-state index is 4.93. The van der Waals surface area contributed by atoms with Gasteiger partial charge in [0.05, 0.1) is 5.71 Å². The van der Waals surface area contributed by atoms with Crippen molar-refractivity contribution < 1.29 is 0 Å². The van der Waals surface area contributed by atoms with Gasteiger partial charge in [-0.15, -0.1) is 0 Å². The van der Waals surface area contributed by atoms with Crippen LogP contribution in [0.4, 0.5) is 0 Å². The maximum atomic E-state index is 4.93. The van der Waals surface area contributed by atoms with Crippen molar-refractivity contribution in [2.75, 3.05) is 0 Å². The predicted molar refractivity (Wildman–Crippen MR) is 81.9 cm³/mol. The molecular weight excluding hydrogens is 244 g/mol. The fourth-order valence-corrected chi connectivity index (χ4v) is 3.85. The van der Waals surface area contributed by atoms with Crippen molar-refractivity contribution in [3.63, 3.8) is 0 Å². The number of nitrogens with zero attached hydrogens (tertiary/aromatic N) is 2. The lowest BCUT2D eigenvalue weighted by atomic mass is 9.87. The van der Waals surface area contributed by atoms with E-state index in [1.165, 1.54) is 16.8 Å². The standard InChI is InChI=1S/C18H18N2/c1-13-18(16-11-7-4-8-12-16)17(19-14(2)20(13)18)15-9-5-3-6-10-15/h3-14H,1-2H3/t13-,14+,18+,20?/m0/s1. The third kappa shape index (κ3) is 1.35. The van der Waals surface area contributed by atoms with Crippen molar-refractivity contribution in [1.82, 2.24) is 4.90 Å². The fraction of sp³-hybridized carbons (Fsp3) is 0.278. The summed E-state index contributed by atoms with van der Waals surface area (Å²) in [5, 5.41) is 0. The molecule has 0 N–H and O–H groups in total. The minimum absolute atomic E-state index is 0.0119. The highest BCUT2D eigenvalue weighted by Gasteiger charge is 2.69. The summed E-state index contributed by atoms with van der Waals surface area (Å²) in [6, 6.07) is 21.9. The molecule has 2 aliphatic heterocycles. The van der Waals surface area contributed by atoms with E-state index in [0.717, 1.165) is 0 Å². The van der Waals surface area contributed by atoms with E-state index in [2.05, 4.69) is 79.4 Å². The summed E-state index contributed by atoms with van der Waals surface area (Å²) < 4.78 is 0. The van der Waals surface area contributed by atoms with Crippen molar-refractivity contribution in [2.24, 2.45) is 4.99 Å². The first kappa shape index (κ1) is 11.9. The van der Waals surface area contributed by atoms with Gasteiger partial charge in [-0.05, 0) is 25.0 Å². The van der Waals surface area contributed by atoms with Gasteiger partial charge in [-0.2, -0.15) is 0 Å². The Morgan fingerprint density at radius 3 is 2.10 bits per heavy atom. The van der Waals surface area contributed by atoms with Crippen LogP contribution in [0.3, 0.4) is 0 Å². The lowest BCUT2D eigenvalue weighted by Gasteiger charge is -2.16. The first-order valence-electron chi connectivity index (χ1n) is 7.24. The molecule has 0 spiro atoms. The highest BCUT2D eigenvalue weighted by molar-refractivity contribution is 6.12. The normalized spacial score (nSPS) is 34.5. The average molecular weight is 262 g/mol. The van der Waals surface area contributed by atoms with Crippen molar-refractivity contribution in [2.45, 2.75) is 31.6 Å². The highest BCUT2D eigenvalue weighted by atomic mass is 15.5. The van der Waals surface area contributed by atoms with Crippen LogP contribution in [0.5, 0.6) is 0 Å². The number of hydrogen-bond donors (Lipinski definition) is 0. The molecule has 2 heterocycles. The molecule has 0 aromatic heterocycles. The lowest BCUT2D eigenvalue weighted by Crippen LogP contribution is -2.25. The molecule has 2 aromatic carbocycles. The van der Waals surface area contributed by atoms with Crippen LogP contribution in [0, 0.1) is 0 Å². The lowest BCUT2D eigenvalue weighted by molar-refractivity contribution is 0.397. The highest BCUT2D eigenvalue weighted by Crippen LogP contribution is 2.57. The number of fused-ring (bicyclic) bond motifs is 1. The second-order valence-electron chi connectivity index (χ2n) is 5.69. The van der Waals surface area contributed by atoms with E-state index in [-0.39, 0.29) is 11.7 Å². The van der Waals surface area contributed by atoms with Crippen LogP contribution in [0.2, 0.25) is 0 Å². The first-order chi connectivity index (χ1) is 9.76. The molecule has 20 heavy (non-hydrogen) atoms. The number of benzene rings is 2. The molecule has 2 aromatic rings. The van der Waals surface area contributed by atoms with Gasteiger partial charge in [-0.25, -0.2) is 0 Å². The average Bonchev–Trinajstić information content (AvgIpc) is 2.99. The van der Waals surface area contributed by atoms with Crippen molar-refractivity contribution in [3.8, 4) is 0 Å². The molecule has 4 atom stereocenters. The van der Waals surface area contributed by atoms with E-state index < -0.39 is 0 Å². The van der Waals surface area contributed by atoms with E-state index in [4.69, 9.17) is 4.99 Å². The van der Waals surface area contributed by atoms with E-state index in [9.17, 15) is 0 Å². The molecular formula is C18H18N2. The van der Waals surface area contributed by atoms with Gasteiger partial charge in [0, 0.05) is 6.04 Å². The maximum Gasteiger partial charge on any atom is 0.107 e. The molecule has 0 radical (unpaired) electrons. The zero-order valence-corrected chi connectivity index (χ0v) is 11.8. The van der Waals surface area contributed by atoms with E-state index >= 15 is 0 Å². The molecule has 100 valence electrons. The van der Waals surface area contributed by atoms with Crippen molar-refractivity contribution in [3.05, 3.63) is 71.8 Å². The SMILES string of the molecule is C[C@@H]1N=C(c2ccccc2)[C@]2(c3ccccc3)[C@H](C)N12. The summed E-state index contributed by atoms with van der Waals surface area (Å²) in [4.78, 5) is 7.44. The van der Waals surface area contributed by atoms with E-state index in [1.54, 1.807) is 0 Å². The molecule has 2 heteroatoms. The van der Waals surface area contributed by atoms with Gasteiger partial charge in [0.25, 0.3) is 0 Å². The second-order valence-corrected chi connectivity index (χ2v) is 5.69. The summed E-state index contributed by atoms with van der Waals surface area (Å²) in [6.07, 6.45) is 0.264. The third-order valence-corrected chi connectivity index (χ3v) is 4.70. The largest absolute Gasteiger partial charge is 0.268 e. The summed E-state index contributed by atoms with van der Waals surface area (Å²) in [5.74, 6) is 0. The molecule has 1 fully saturated rings. The molecule has 0 bridgehead atoms. The van der Waals surface area contributed by atoms with Crippen molar-refractivity contribution in [1.29, 1.82) is 0 Å². The number of hydrogen-bond acceptors (Lipinski definition) is 2. The molecule has 0 saturated carbocycles. The Balaban J connectivity index is 1.88. The van der Waals surface area contributed by atoms with E-state index in [1.807, 2.05) is 0 Å². The van der Waals surface area contributed by atoms with Crippen LogP contribution in [0.1, 0.15) is 25.0 Å². The Bertz CT molecular complexity index is 662. The first-order valence-corrected chi connectivity index (χ1v) is 7.24. The minimum Gasteiger partial charge on any atom is -0.268 e. The molecule has 4 rings (SSSR count). The van der Waals surface area contributed by atoms with Crippen LogP contribution in [-0.2, 0) is 5.54 Å². The van der Waals surface area contributed by atoms with Crippen LogP contribution in [0.25, 0.3) is 0 Å². The summed E-state index contributed by atoms with van der Waals surface area (Å²) in [7, 11) is 0. The summed E-state index contributed by atoms with van der Waals surface area (Å²) >= 11 is 0. The molecule has 1 saturated heterocycles. The molecule has 1 unspecified atom stereocenters. The smallest absolute Gasteiger partial charge is 0.107 e. The Labute approximate surface area is 119 Å². The van der Waals surface area contributed by atoms with Crippen LogP contribution in [0.15, 0.2) is 65.7 Å². The Kier molecular flexibility index (Phi) is 2.39. The van der Waals surface area contributed by atoms with Crippen LogP contribution >= 0.6 is 0 Å². The topological polar surface area (TPSA) is 15.4 Å². The van der Waals surface area contributed by atoms with Gasteiger partial charge in [-0.1, -0.05) is 60.7 Å². The van der Waals surface area contributed by atoms with Crippen LogP contribution in [-0.4, -0.2) is 22.8 Å². The van der Waals surface area contributed by atoms with E-state index in [0.29, 0.717) is 6.04 Å². The molecule has 0 aliphatic carbocycles. The van der Waals surface area contributed by atoms with Crippen LogP contribution < -0.4 is 0 Å². The Hall–Kier alpha value is -1.93.